The molecule has 0 radical (unpaired) electrons. The molecule has 41 heavy (non-hydrogen) atoms. The molecule has 10 heteroatoms. The summed E-state index contributed by atoms with van der Waals surface area (Å²) in [6.45, 7) is 22.6. The number of imidazole rings is 1. The first-order valence-corrected chi connectivity index (χ1v) is 17.6. The monoisotopic (exact) mass is 584 g/mol. The van der Waals surface area contributed by atoms with Crippen molar-refractivity contribution in [3.05, 3.63) is 35.5 Å². The lowest BCUT2D eigenvalue weighted by molar-refractivity contribution is 0.0485. The molecule has 0 aliphatic carbocycles. The molecule has 1 aliphatic heterocycles. The van der Waals surface area contributed by atoms with Gasteiger partial charge in [0.05, 0.1) is 22.8 Å². The fourth-order valence-electron chi connectivity index (χ4n) is 5.10. The fourth-order valence-corrected chi connectivity index (χ4v) is 6.17. The molecule has 3 aromatic rings. The third-order valence-electron chi connectivity index (χ3n) is 8.27. The minimum Gasteiger partial charge on any atom is -0.444 e. The molecule has 3 heterocycles. The molecule has 0 saturated carbocycles. The van der Waals surface area contributed by atoms with Crippen LogP contribution in [0.1, 0.15) is 90.2 Å². The molecular weight excluding hydrogens is 536 g/mol. The highest BCUT2D eigenvalue weighted by molar-refractivity contribution is 6.74. The molecule has 1 aliphatic rings. The van der Waals surface area contributed by atoms with Crippen LogP contribution >= 0.6 is 0 Å². The molecular formula is C31H48N4O5Si. The van der Waals surface area contributed by atoms with E-state index in [1.54, 1.807) is 0 Å². The second-order valence-corrected chi connectivity index (χ2v) is 18.5. The van der Waals surface area contributed by atoms with Crippen LogP contribution in [0.25, 0.3) is 22.2 Å². The van der Waals surface area contributed by atoms with Crippen LogP contribution in [0.3, 0.4) is 0 Å². The average molecular weight is 585 g/mol. The number of hydrogen-bond donors (Lipinski definition) is 1. The molecule has 1 aromatic carbocycles. The number of benzene rings is 1. The van der Waals surface area contributed by atoms with Crippen LogP contribution in [-0.4, -0.2) is 54.5 Å². The smallest absolute Gasteiger partial charge is 0.408 e. The number of alkyl carbamates (subject to hydrolysis) is 1. The lowest BCUT2D eigenvalue weighted by Gasteiger charge is -2.36. The van der Waals surface area contributed by atoms with Crippen LogP contribution in [0.2, 0.25) is 18.1 Å². The normalized spacial score (nSPS) is 16.2. The fraction of sp³-hybridized carbons (Fsp3) is 0.645. The van der Waals surface area contributed by atoms with Gasteiger partial charge < -0.3 is 28.3 Å². The van der Waals surface area contributed by atoms with Crippen molar-refractivity contribution in [2.45, 2.75) is 110 Å². The average Bonchev–Trinajstić information content (AvgIpc) is 3.40. The number of hydrogen-bond acceptors (Lipinski definition) is 7. The Morgan fingerprint density at radius 3 is 2.41 bits per heavy atom. The first kappa shape index (κ1) is 31.2. The lowest BCUT2D eigenvalue weighted by Crippen LogP contribution is -2.42. The maximum atomic E-state index is 13.1. The van der Waals surface area contributed by atoms with E-state index < -0.39 is 26.1 Å². The summed E-state index contributed by atoms with van der Waals surface area (Å²) in [5.74, 6) is 1.59. The van der Waals surface area contributed by atoms with Crippen molar-refractivity contribution < 1.29 is 23.2 Å². The van der Waals surface area contributed by atoms with E-state index in [0.29, 0.717) is 26.2 Å². The van der Waals surface area contributed by atoms with Crippen LogP contribution in [0, 0.1) is 13.8 Å². The van der Waals surface area contributed by atoms with E-state index >= 15 is 0 Å². The Labute approximate surface area is 245 Å². The van der Waals surface area contributed by atoms with Gasteiger partial charge in [-0.25, -0.2) is 9.78 Å². The van der Waals surface area contributed by atoms with E-state index in [4.69, 9.17) is 23.4 Å². The topological polar surface area (TPSA) is 101 Å². The van der Waals surface area contributed by atoms with E-state index in [1.807, 2.05) is 34.6 Å². The van der Waals surface area contributed by atoms with Crippen molar-refractivity contribution in [1.29, 1.82) is 0 Å². The first-order chi connectivity index (χ1) is 19.1. The summed E-state index contributed by atoms with van der Waals surface area (Å²) < 4.78 is 25.7. The van der Waals surface area contributed by atoms with Crippen LogP contribution in [0.4, 0.5) is 4.79 Å². The standard InChI is InChI=1S/C31H48N4O5Si/c1-20-27(21(2)40-34-20)22-11-12-26-25(19-22)32-28(35(26)23-13-16-37-17-14-23)24(33-29(36)39-30(3,4)5)15-18-38-41(9,10)31(6,7)8/h11-12,19,23-24H,13-18H2,1-10H3,(H,33,36)/t24-/m0/s1. The number of ether oxygens (including phenoxy) is 2. The van der Waals surface area contributed by atoms with Gasteiger partial charge >= 0.3 is 6.09 Å². The summed E-state index contributed by atoms with van der Waals surface area (Å²) in [6.07, 6.45) is 1.87. The van der Waals surface area contributed by atoms with E-state index in [2.05, 4.69) is 67.1 Å². The predicted octanol–water partition coefficient (Wildman–Crippen LogP) is 7.64. The number of aromatic nitrogens is 3. The third-order valence-corrected chi connectivity index (χ3v) is 12.8. The van der Waals surface area contributed by atoms with Crippen molar-refractivity contribution in [3.8, 4) is 11.1 Å². The Morgan fingerprint density at radius 1 is 1.15 bits per heavy atom. The van der Waals surface area contributed by atoms with Crippen LogP contribution in [0.15, 0.2) is 22.7 Å². The van der Waals surface area contributed by atoms with Crippen LogP contribution in [0.5, 0.6) is 0 Å². The van der Waals surface area contributed by atoms with Crippen molar-refractivity contribution >= 4 is 25.4 Å². The summed E-state index contributed by atoms with van der Waals surface area (Å²) in [7, 11) is -1.98. The molecule has 226 valence electrons. The van der Waals surface area contributed by atoms with Gasteiger partial charge in [0, 0.05) is 31.4 Å². The van der Waals surface area contributed by atoms with E-state index in [-0.39, 0.29) is 11.1 Å². The maximum Gasteiger partial charge on any atom is 0.408 e. The molecule has 1 atom stereocenters. The van der Waals surface area contributed by atoms with Gasteiger partial charge in [-0.2, -0.15) is 0 Å². The van der Waals surface area contributed by atoms with Crippen molar-refractivity contribution in [2.75, 3.05) is 19.8 Å². The van der Waals surface area contributed by atoms with Crippen molar-refractivity contribution in [2.24, 2.45) is 0 Å². The number of carbonyl (C=O) groups is 1. The quantitative estimate of drug-likeness (QED) is 0.272. The number of carbonyl (C=O) groups excluding carboxylic acids is 1. The Kier molecular flexibility index (Phi) is 9.06. The highest BCUT2D eigenvalue weighted by atomic mass is 28.4. The first-order valence-electron chi connectivity index (χ1n) is 14.7. The molecule has 9 nitrogen and oxygen atoms in total. The highest BCUT2D eigenvalue weighted by Gasteiger charge is 2.37. The molecule has 1 saturated heterocycles. The molecule has 0 unspecified atom stereocenters. The maximum absolute atomic E-state index is 13.1. The Bertz CT molecular complexity index is 1340. The number of fused-ring (bicyclic) bond motifs is 1. The highest BCUT2D eigenvalue weighted by Crippen LogP contribution is 2.38. The van der Waals surface area contributed by atoms with Gasteiger partial charge in [0.15, 0.2) is 8.32 Å². The predicted molar refractivity (Wildman–Crippen MR) is 164 cm³/mol. The van der Waals surface area contributed by atoms with Gasteiger partial charge in [-0.15, -0.1) is 0 Å². The third kappa shape index (κ3) is 7.21. The van der Waals surface area contributed by atoms with Gasteiger partial charge in [-0.05, 0) is 89.7 Å². The largest absolute Gasteiger partial charge is 0.444 e. The lowest BCUT2D eigenvalue weighted by atomic mass is 10.0. The number of nitrogens with one attached hydrogen (secondary N) is 1. The second kappa shape index (κ2) is 11.9. The molecule has 0 bridgehead atoms. The molecule has 1 amide bonds. The zero-order chi connectivity index (χ0) is 30.2. The minimum atomic E-state index is -1.98. The Balaban J connectivity index is 1.77. The summed E-state index contributed by atoms with van der Waals surface area (Å²) >= 11 is 0. The number of aryl methyl sites for hydroxylation is 2. The number of rotatable bonds is 8. The van der Waals surface area contributed by atoms with Gasteiger partial charge in [-0.1, -0.05) is 32.0 Å². The van der Waals surface area contributed by atoms with Gasteiger partial charge in [0.1, 0.15) is 17.2 Å². The van der Waals surface area contributed by atoms with Gasteiger partial charge in [0.2, 0.25) is 0 Å². The van der Waals surface area contributed by atoms with E-state index in [9.17, 15) is 4.79 Å². The van der Waals surface area contributed by atoms with Crippen LogP contribution in [-0.2, 0) is 13.9 Å². The van der Waals surface area contributed by atoms with E-state index in [1.165, 1.54) is 0 Å². The van der Waals surface area contributed by atoms with Gasteiger partial charge in [0.25, 0.3) is 0 Å². The van der Waals surface area contributed by atoms with Crippen molar-refractivity contribution in [1.82, 2.24) is 20.0 Å². The number of nitrogens with zero attached hydrogens (tertiary/aromatic N) is 3. The zero-order valence-corrected chi connectivity index (χ0v) is 27.5. The minimum absolute atomic E-state index is 0.0882. The molecule has 1 fully saturated rings. The summed E-state index contributed by atoms with van der Waals surface area (Å²) in [6, 6.07) is 6.13. The van der Waals surface area contributed by atoms with Gasteiger partial charge in [-0.3, -0.25) is 0 Å². The zero-order valence-electron chi connectivity index (χ0n) is 26.5. The summed E-state index contributed by atoms with van der Waals surface area (Å²) in [5, 5.41) is 7.38. The molecule has 1 N–H and O–H groups in total. The number of amides is 1. The van der Waals surface area contributed by atoms with Crippen LogP contribution < -0.4 is 5.32 Å². The molecule has 2 aromatic heterocycles. The SMILES string of the molecule is Cc1noc(C)c1-c1ccc2c(c1)nc([C@H](CCO[Si](C)(C)C(C)(C)C)NC(=O)OC(C)(C)C)n2C1CCOCC1. The van der Waals surface area contributed by atoms with E-state index in [0.717, 1.165) is 52.3 Å². The summed E-state index contributed by atoms with van der Waals surface area (Å²) in [4.78, 5) is 18.3. The second-order valence-electron chi connectivity index (χ2n) is 13.7. The molecule has 0 spiro atoms. The summed E-state index contributed by atoms with van der Waals surface area (Å²) in [5.41, 5.74) is 4.12. The Morgan fingerprint density at radius 2 is 1.83 bits per heavy atom. The molecule has 4 rings (SSSR count). The Hall–Kier alpha value is -2.69. The van der Waals surface area contributed by atoms with Crippen molar-refractivity contribution in [3.63, 3.8) is 0 Å².